The fourth-order valence-corrected chi connectivity index (χ4v) is 5.02. The Morgan fingerprint density at radius 2 is 1.80 bits per heavy atom. The van der Waals surface area contributed by atoms with Crippen molar-refractivity contribution >= 4 is 33.0 Å². The maximum Gasteiger partial charge on any atom is 0.271 e. The Bertz CT molecular complexity index is 1110. The minimum atomic E-state index is -3.66. The lowest BCUT2D eigenvalue weighted by Gasteiger charge is -2.18. The van der Waals surface area contributed by atoms with Crippen LogP contribution in [0.5, 0.6) is 5.75 Å². The van der Waals surface area contributed by atoms with Gasteiger partial charge in [0.05, 0.1) is 6.54 Å². The zero-order chi connectivity index (χ0) is 21.7. The molecule has 2 aromatic carbocycles. The molecule has 1 N–H and O–H groups in total. The van der Waals surface area contributed by atoms with Crippen molar-refractivity contribution in [3.63, 3.8) is 0 Å². The molecule has 0 spiro atoms. The van der Waals surface area contributed by atoms with Crippen LogP contribution in [0.1, 0.15) is 21.5 Å². The summed E-state index contributed by atoms with van der Waals surface area (Å²) in [6.45, 7) is 4.77. The fourth-order valence-electron chi connectivity index (χ4n) is 2.98. The topological polar surface area (TPSA) is 75.7 Å². The van der Waals surface area contributed by atoms with E-state index in [2.05, 4.69) is 10.8 Å². The number of carbonyl (C=O) groups is 1. The molecule has 1 aromatic heterocycles. The van der Waals surface area contributed by atoms with Crippen LogP contribution < -0.4 is 9.46 Å². The Morgan fingerprint density at radius 1 is 1.07 bits per heavy atom. The van der Waals surface area contributed by atoms with E-state index in [1.807, 2.05) is 26.0 Å². The first kappa shape index (κ1) is 21.9. The number of nitrogens with one attached hydrogen (secondary N) is 1. The molecule has 1 heterocycles. The molecule has 0 aliphatic carbocycles. The van der Waals surface area contributed by atoms with Crippen molar-refractivity contribution in [2.24, 2.45) is 0 Å². The maximum absolute atomic E-state index is 12.7. The van der Waals surface area contributed by atoms with Gasteiger partial charge in [0.2, 0.25) is 0 Å². The van der Waals surface area contributed by atoms with Gasteiger partial charge >= 0.3 is 0 Å². The summed E-state index contributed by atoms with van der Waals surface area (Å²) in [4.78, 5) is 14.3. The molecule has 0 unspecified atom stereocenters. The number of hydrogen-bond acceptors (Lipinski definition) is 5. The number of thiophene rings is 1. The molecule has 0 saturated carbocycles. The van der Waals surface area contributed by atoms with Gasteiger partial charge in [-0.25, -0.2) is 8.42 Å². The summed E-state index contributed by atoms with van der Waals surface area (Å²) in [6, 6.07) is 15.7. The van der Waals surface area contributed by atoms with E-state index >= 15 is 0 Å². The number of ether oxygens (including phenoxy) is 1. The van der Waals surface area contributed by atoms with Gasteiger partial charge in [0.1, 0.15) is 16.6 Å². The van der Waals surface area contributed by atoms with Gasteiger partial charge in [0, 0.05) is 18.3 Å². The molecular formula is C22H24N2O4S2. The minimum Gasteiger partial charge on any atom is -0.492 e. The molecule has 8 heteroatoms. The first-order valence-electron chi connectivity index (χ1n) is 9.37. The van der Waals surface area contributed by atoms with E-state index in [1.165, 1.54) is 12.1 Å². The van der Waals surface area contributed by atoms with Crippen molar-refractivity contribution in [3.05, 3.63) is 76.7 Å². The number of rotatable bonds is 8. The predicted octanol–water partition coefficient (Wildman–Crippen LogP) is 4.32. The molecule has 0 bridgehead atoms. The summed E-state index contributed by atoms with van der Waals surface area (Å²) in [6.07, 6.45) is 0. The highest BCUT2D eigenvalue weighted by molar-refractivity contribution is 7.94. The summed E-state index contributed by atoms with van der Waals surface area (Å²) >= 11 is 1.13. The van der Waals surface area contributed by atoms with Gasteiger partial charge in [-0.05, 0) is 66.8 Å². The molecule has 0 atom stereocenters. The first-order chi connectivity index (χ1) is 14.2. The molecule has 0 radical (unpaired) electrons. The SMILES string of the molecule is Cc1cc(C)cc(OCCN(C)C(=O)c2cccc(NS(=O)(=O)c3cccs3)c2)c1. The van der Waals surface area contributed by atoms with Gasteiger partial charge in [-0.1, -0.05) is 18.2 Å². The Morgan fingerprint density at radius 3 is 2.47 bits per heavy atom. The smallest absolute Gasteiger partial charge is 0.271 e. The van der Waals surface area contributed by atoms with Crippen LogP contribution in [0.3, 0.4) is 0 Å². The number of aryl methyl sites for hydroxylation is 2. The van der Waals surface area contributed by atoms with Crippen LogP contribution in [0, 0.1) is 13.8 Å². The maximum atomic E-state index is 12.7. The quantitative estimate of drug-likeness (QED) is 0.562. The Balaban J connectivity index is 1.61. The zero-order valence-corrected chi connectivity index (χ0v) is 18.7. The zero-order valence-electron chi connectivity index (χ0n) is 17.1. The van der Waals surface area contributed by atoms with Crippen molar-refractivity contribution in [2.45, 2.75) is 18.1 Å². The average molecular weight is 445 g/mol. The van der Waals surface area contributed by atoms with Crippen LogP contribution in [-0.2, 0) is 10.0 Å². The molecule has 3 rings (SSSR count). The predicted molar refractivity (Wildman–Crippen MR) is 120 cm³/mol. The van der Waals surface area contributed by atoms with Crippen LogP contribution in [0.15, 0.2) is 64.2 Å². The molecule has 0 fully saturated rings. The summed E-state index contributed by atoms with van der Waals surface area (Å²) < 4.78 is 33.3. The fraction of sp³-hybridized carbons (Fsp3) is 0.227. The van der Waals surface area contributed by atoms with Crippen molar-refractivity contribution < 1.29 is 17.9 Å². The highest BCUT2D eigenvalue weighted by Gasteiger charge is 2.17. The minimum absolute atomic E-state index is 0.212. The van der Waals surface area contributed by atoms with Crippen LogP contribution >= 0.6 is 11.3 Å². The van der Waals surface area contributed by atoms with E-state index in [-0.39, 0.29) is 10.1 Å². The van der Waals surface area contributed by atoms with E-state index < -0.39 is 10.0 Å². The Labute approximate surface area is 181 Å². The number of amides is 1. The van der Waals surface area contributed by atoms with Gasteiger partial charge in [-0.3, -0.25) is 9.52 Å². The molecule has 3 aromatic rings. The molecular weight excluding hydrogens is 420 g/mol. The number of nitrogens with zero attached hydrogens (tertiary/aromatic N) is 1. The molecule has 0 aliphatic heterocycles. The molecule has 0 saturated heterocycles. The number of sulfonamides is 1. The Kier molecular flexibility index (Phi) is 6.79. The summed E-state index contributed by atoms with van der Waals surface area (Å²) in [5, 5.41) is 1.70. The highest BCUT2D eigenvalue weighted by Crippen LogP contribution is 2.21. The largest absolute Gasteiger partial charge is 0.492 e. The van der Waals surface area contributed by atoms with Crippen LogP contribution in [0.4, 0.5) is 5.69 Å². The first-order valence-corrected chi connectivity index (χ1v) is 11.7. The normalized spacial score (nSPS) is 11.2. The van der Waals surface area contributed by atoms with Crippen molar-refractivity contribution in [1.82, 2.24) is 4.90 Å². The van der Waals surface area contributed by atoms with Gasteiger partial charge in [-0.15, -0.1) is 11.3 Å². The van der Waals surface area contributed by atoms with Gasteiger partial charge in [0.15, 0.2) is 0 Å². The van der Waals surface area contributed by atoms with Crippen LogP contribution in [-0.4, -0.2) is 39.4 Å². The average Bonchev–Trinajstić information content (AvgIpc) is 3.22. The number of benzene rings is 2. The third-order valence-corrected chi connectivity index (χ3v) is 7.14. The second kappa shape index (κ2) is 9.32. The third-order valence-electron chi connectivity index (χ3n) is 4.36. The third kappa shape index (κ3) is 5.61. The summed E-state index contributed by atoms with van der Waals surface area (Å²) in [7, 11) is -1.97. The van der Waals surface area contributed by atoms with Crippen molar-refractivity contribution in [1.29, 1.82) is 0 Å². The second-order valence-corrected chi connectivity index (χ2v) is 9.87. The highest BCUT2D eigenvalue weighted by atomic mass is 32.2. The number of carbonyl (C=O) groups excluding carboxylic acids is 1. The van der Waals surface area contributed by atoms with Crippen molar-refractivity contribution in [3.8, 4) is 5.75 Å². The van der Waals surface area contributed by atoms with E-state index in [1.54, 1.807) is 41.6 Å². The lowest BCUT2D eigenvalue weighted by Crippen LogP contribution is -2.31. The Hall–Kier alpha value is -2.84. The molecule has 0 aliphatic rings. The standard InChI is InChI=1S/C22H24N2O4S2/c1-16-12-17(2)14-20(13-16)28-10-9-24(3)22(25)18-6-4-7-19(15-18)23-30(26,27)21-8-5-11-29-21/h4-8,11-15,23H,9-10H2,1-3H3. The van der Waals surface area contributed by atoms with Gasteiger partial charge < -0.3 is 9.64 Å². The second-order valence-electron chi connectivity index (χ2n) is 7.02. The lowest BCUT2D eigenvalue weighted by molar-refractivity contribution is 0.0773. The van der Waals surface area contributed by atoms with E-state index in [0.717, 1.165) is 28.2 Å². The van der Waals surface area contributed by atoms with Gasteiger partial charge in [-0.2, -0.15) is 0 Å². The monoisotopic (exact) mass is 444 g/mol. The van der Waals surface area contributed by atoms with E-state index in [9.17, 15) is 13.2 Å². The van der Waals surface area contributed by atoms with E-state index in [0.29, 0.717) is 24.4 Å². The van der Waals surface area contributed by atoms with E-state index in [4.69, 9.17) is 4.74 Å². The number of anilines is 1. The lowest BCUT2D eigenvalue weighted by atomic mass is 10.1. The number of likely N-dealkylation sites (N-methyl/N-ethyl adjacent to an activating group) is 1. The summed E-state index contributed by atoms with van der Waals surface area (Å²) in [5.74, 6) is 0.564. The molecule has 30 heavy (non-hydrogen) atoms. The molecule has 158 valence electrons. The molecule has 1 amide bonds. The number of hydrogen-bond donors (Lipinski definition) is 1. The van der Waals surface area contributed by atoms with Gasteiger partial charge in [0.25, 0.3) is 15.9 Å². The van der Waals surface area contributed by atoms with Crippen LogP contribution in [0.2, 0.25) is 0 Å². The summed E-state index contributed by atoms with van der Waals surface area (Å²) in [5.41, 5.74) is 2.98. The molecule has 6 nitrogen and oxygen atoms in total. The van der Waals surface area contributed by atoms with Crippen LogP contribution in [0.25, 0.3) is 0 Å². The van der Waals surface area contributed by atoms with Crippen molar-refractivity contribution in [2.75, 3.05) is 24.9 Å².